The Labute approximate surface area is 213 Å². The van der Waals surface area contributed by atoms with Crippen molar-refractivity contribution in [3.8, 4) is 11.3 Å². The van der Waals surface area contributed by atoms with Crippen molar-refractivity contribution in [1.82, 2.24) is 9.88 Å². The Bertz CT molecular complexity index is 1000. The van der Waals surface area contributed by atoms with Crippen molar-refractivity contribution in [2.24, 2.45) is 5.92 Å². The molecule has 2 N–H and O–H groups in total. The van der Waals surface area contributed by atoms with Gasteiger partial charge in [-0.1, -0.05) is 66.9 Å². The van der Waals surface area contributed by atoms with E-state index < -0.39 is 5.60 Å². The van der Waals surface area contributed by atoms with Crippen LogP contribution in [-0.2, 0) is 17.4 Å². The minimum absolute atomic E-state index is 0.0265. The van der Waals surface area contributed by atoms with Gasteiger partial charge in [-0.15, -0.1) is 0 Å². The molecule has 1 heterocycles. The predicted molar refractivity (Wildman–Crippen MR) is 147 cm³/mol. The van der Waals surface area contributed by atoms with E-state index in [0.29, 0.717) is 11.5 Å². The van der Waals surface area contributed by atoms with Crippen molar-refractivity contribution in [2.75, 3.05) is 6.54 Å². The third-order valence-corrected chi connectivity index (χ3v) is 7.42. The van der Waals surface area contributed by atoms with Gasteiger partial charge < -0.3 is 15.0 Å². The van der Waals surface area contributed by atoms with E-state index in [2.05, 4.69) is 82.6 Å². The van der Waals surface area contributed by atoms with E-state index in [1.165, 1.54) is 48.8 Å². The van der Waals surface area contributed by atoms with Crippen LogP contribution in [0.25, 0.3) is 11.3 Å². The summed E-state index contributed by atoms with van der Waals surface area (Å²) in [6.07, 6.45) is 6.44. The lowest BCUT2D eigenvalue weighted by Gasteiger charge is -2.27. The first-order chi connectivity index (χ1) is 16.1. The molecule has 1 aromatic carbocycles. The highest BCUT2D eigenvalue weighted by molar-refractivity contribution is 5.97. The van der Waals surface area contributed by atoms with Crippen LogP contribution >= 0.6 is 0 Å². The standard InChI is InChI=1S/C31H48N2O2/c1-21-26(28(34)32-20-31(8,9)35)18-27(33(21)19-22-13-11-10-12-14-22)23-15-24(29(2,3)4)17-25(16-23)30(5,6)7/h15-18,22,35H,10-14,19-20H2,1-9H3,(H,32,34). The first kappa shape index (κ1) is 27.5. The Hall–Kier alpha value is -2.07. The lowest BCUT2D eigenvalue weighted by molar-refractivity contribution is 0.0694. The van der Waals surface area contributed by atoms with Gasteiger partial charge in [0.2, 0.25) is 0 Å². The number of nitrogens with zero attached hydrogens (tertiary/aromatic N) is 1. The van der Waals surface area contributed by atoms with Crippen LogP contribution in [-0.4, -0.2) is 27.7 Å². The van der Waals surface area contributed by atoms with E-state index in [0.717, 1.165) is 17.9 Å². The molecule has 1 aliphatic rings. The normalized spacial score (nSPS) is 15.9. The molecule has 1 aliphatic carbocycles. The Balaban J connectivity index is 2.14. The average molecular weight is 481 g/mol. The number of aromatic nitrogens is 1. The molecule has 2 aromatic rings. The van der Waals surface area contributed by atoms with Gasteiger partial charge in [0.1, 0.15) is 0 Å². The number of rotatable bonds is 6. The highest BCUT2D eigenvalue weighted by atomic mass is 16.3. The molecule has 194 valence electrons. The van der Waals surface area contributed by atoms with Crippen LogP contribution in [0.3, 0.4) is 0 Å². The fraction of sp³-hybridized carbons (Fsp3) is 0.645. The molecule has 35 heavy (non-hydrogen) atoms. The smallest absolute Gasteiger partial charge is 0.253 e. The number of hydrogen-bond donors (Lipinski definition) is 2. The lowest BCUT2D eigenvalue weighted by Crippen LogP contribution is -2.38. The van der Waals surface area contributed by atoms with Crippen LogP contribution in [0.15, 0.2) is 24.3 Å². The number of carbonyl (C=O) groups excluding carboxylic acids is 1. The van der Waals surface area contributed by atoms with Gasteiger partial charge in [-0.25, -0.2) is 0 Å². The summed E-state index contributed by atoms with van der Waals surface area (Å²) in [7, 11) is 0. The van der Waals surface area contributed by atoms with E-state index in [1.807, 2.05) is 0 Å². The molecule has 0 radical (unpaired) electrons. The van der Waals surface area contributed by atoms with Crippen LogP contribution in [0.1, 0.15) is 115 Å². The summed E-state index contributed by atoms with van der Waals surface area (Å²) < 4.78 is 2.39. The molecular weight excluding hydrogens is 432 g/mol. The highest BCUT2D eigenvalue weighted by Gasteiger charge is 2.26. The Morgan fingerprint density at radius 3 is 1.94 bits per heavy atom. The first-order valence-electron chi connectivity index (χ1n) is 13.4. The summed E-state index contributed by atoms with van der Waals surface area (Å²) in [5.41, 5.74) is 5.76. The quantitative estimate of drug-likeness (QED) is 0.462. The molecule has 1 saturated carbocycles. The first-order valence-corrected chi connectivity index (χ1v) is 13.4. The Kier molecular flexibility index (Phi) is 7.96. The van der Waals surface area contributed by atoms with E-state index in [9.17, 15) is 9.90 Å². The molecule has 0 aliphatic heterocycles. The minimum atomic E-state index is -0.945. The maximum atomic E-state index is 13.2. The molecule has 1 fully saturated rings. The molecule has 3 rings (SSSR count). The summed E-state index contributed by atoms with van der Waals surface area (Å²) >= 11 is 0. The molecule has 0 unspecified atom stereocenters. The van der Waals surface area contributed by atoms with E-state index in [4.69, 9.17) is 0 Å². The van der Waals surface area contributed by atoms with Crippen molar-refractivity contribution in [3.05, 3.63) is 46.6 Å². The van der Waals surface area contributed by atoms with Crippen molar-refractivity contribution >= 4 is 5.91 Å². The summed E-state index contributed by atoms with van der Waals surface area (Å²) in [6, 6.07) is 9.06. The zero-order chi connectivity index (χ0) is 26.2. The van der Waals surface area contributed by atoms with Gasteiger partial charge in [-0.2, -0.15) is 0 Å². The molecule has 4 heteroatoms. The Morgan fingerprint density at radius 2 is 1.46 bits per heavy atom. The van der Waals surface area contributed by atoms with Crippen molar-refractivity contribution < 1.29 is 9.90 Å². The average Bonchev–Trinajstić information content (AvgIpc) is 3.07. The van der Waals surface area contributed by atoms with Crippen LogP contribution in [0, 0.1) is 12.8 Å². The number of benzene rings is 1. The molecule has 0 saturated heterocycles. The van der Waals surface area contributed by atoms with Crippen LogP contribution < -0.4 is 5.32 Å². The number of carbonyl (C=O) groups is 1. The molecule has 0 atom stereocenters. The van der Waals surface area contributed by atoms with E-state index in [-0.39, 0.29) is 23.3 Å². The zero-order valence-electron chi connectivity index (χ0n) is 23.6. The van der Waals surface area contributed by atoms with Gasteiger partial charge in [0.25, 0.3) is 5.91 Å². The van der Waals surface area contributed by atoms with Crippen molar-refractivity contribution in [1.29, 1.82) is 0 Å². The van der Waals surface area contributed by atoms with Crippen LogP contribution in [0.4, 0.5) is 0 Å². The van der Waals surface area contributed by atoms with Crippen molar-refractivity contribution in [3.63, 3.8) is 0 Å². The molecule has 4 nitrogen and oxygen atoms in total. The monoisotopic (exact) mass is 480 g/mol. The number of nitrogens with one attached hydrogen (secondary N) is 1. The van der Waals surface area contributed by atoms with Gasteiger partial charge >= 0.3 is 0 Å². The number of amides is 1. The van der Waals surface area contributed by atoms with Gasteiger partial charge in [-0.05, 0) is 85.3 Å². The van der Waals surface area contributed by atoms with Gasteiger partial charge in [-0.3, -0.25) is 4.79 Å². The summed E-state index contributed by atoms with van der Waals surface area (Å²) in [5.74, 6) is 0.532. The summed E-state index contributed by atoms with van der Waals surface area (Å²) in [4.78, 5) is 13.2. The van der Waals surface area contributed by atoms with E-state index in [1.54, 1.807) is 13.8 Å². The fourth-order valence-corrected chi connectivity index (χ4v) is 5.01. The molecule has 1 aromatic heterocycles. The molecule has 0 bridgehead atoms. The second-order valence-corrected chi connectivity index (χ2v) is 13.4. The summed E-state index contributed by atoms with van der Waals surface area (Å²) in [6.45, 7) is 20.3. The lowest BCUT2D eigenvalue weighted by atomic mass is 9.79. The molecular formula is C31H48N2O2. The summed E-state index contributed by atoms with van der Waals surface area (Å²) in [5, 5.41) is 13.1. The zero-order valence-corrected chi connectivity index (χ0v) is 23.6. The largest absolute Gasteiger partial charge is 0.389 e. The predicted octanol–water partition coefficient (Wildman–Crippen LogP) is 7.14. The minimum Gasteiger partial charge on any atom is -0.389 e. The number of hydrogen-bond acceptors (Lipinski definition) is 2. The highest BCUT2D eigenvalue weighted by Crippen LogP contribution is 2.36. The number of aliphatic hydroxyl groups is 1. The maximum Gasteiger partial charge on any atom is 0.253 e. The molecule has 0 spiro atoms. The fourth-order valence-electron chi connectivity index (χ4n) is 5.01. The second kappa shape index (κ2) is 10.1. The van der Waals surface area contributed by atoms with Crippen LogP contribution in [0.2, 0.25) is 0 Å². The SMILES string of the molecule is Cc1c(C(=O)NCC(C)(C)O)cc(-c2cc(C(C)(C)C)cc(C(C)(C)C)c2)n1CC1CCCCC1. The third-order valence-electron chi connectivity index (χ3n) is 7.42. The van der Waals surface area contributed by atoms with Gasteiger partial charge in [0.05, 0.1) is 11.2 Å². The third kappa shape index (κ3) is 7.00. The Morgan fingerprint density at radius 1 is 0.914 bits per heavy atom. The van der Waals surface area contributed by atoms with Crippen molar-refractivity contribution in [2.45, 2.75) is 117 Å². The maximum absolute atomic E-state index is 13.2. The van der Waals surface area contributed by atoms with Crippen LogP contribution in [0.5, 0.6) is 0 Å². The molecule has 1 amide bonds. The van der Waals surface area contributed by atoms with Gasteiger partial charge in [0, 0.05) is 24.5 Å². The van der Waals surface area contributed by atoms with Gasteiger partial charge in [0.15, 0.2) is 0 Å². The van der Waals surface area contributed by atoms with E-state index >= 15 is 0 Å². The second-order valence-electron chi connectivity index (χ2n) is 13.4. The topological polar surface area (TPSA) is 54.3 Å².